The average molecular weight is 331 g/mol. The smallest absolute Gasteiger partial charge is 0.254 e. The van der Waals surface area contributed by atoms with Gasteiger partial charge in [-0.2, -0.15) is 0 Å². The molecular formula is C12H15BrN2O2S. The van der Waals surface area contributed by atoms with Gasteiger partial charge < -0.3 is 10.2 Å². The van der Waals surface area contributed by atoms with Gasteiger partial charge in [-0.1, -0.05) is 0 Å². The van der Waals surface area contributed by atoms with Gasteiger partial charge in [0, 0.05) is 25.5 Å². The third kappa shape index (κ3) is 2.92. The molecule has 0 aromatic carbocycles. The quantitative estimate of drug-likeness (QED) is 0.902. The van der Waals surface area contributed by atoms with E-state index < -0.39 is 0 Å². The number of likely N-dealkylation sites (tertiary alicyclic amines) is 1. The summed E-state index contributed by atoms with van der Waals surface area (Å²) in [6, 6.07) is 1.83. The molecule has 1 atom stereocenters. The summed E-state index contributed by atoms with van der Waals surface area (Å²) in [4.78, 5) is 25.6. The van der Waals surface area contributed by atoms with E-state index in [-0.39, 0.29) is 17.7 Å². The molecule has 1 N–H and O–H groups in total. The Morgan fingerprint density at radius 1 is 1.56 bits per heavy atom. The van der Waals surface area contributed by atoms with Crippen molar-refractivity contribution in [2.45, 2.75) is 12.8 Å². The van der Waals surface area contributed by atoms with Crippen LogP contribution in [-0.4, -0.2) is 36.9 Å². The molecule has 18 heavy (non-hydrogen) atoms. The Labute approximate surface area is 118 Å². The van der Waals surface area contributed by atoms with E-state index in [9.17, 15) is 9.59 Å². The molecule has 1 aromatic heterocycles. The van der Waals surface area contributed by atoms with Gasteiger partial charge >= 0.3 is 0 Å². The topological polar surface area (TPSA) is 49.4 Å². The van der Waals surface area contributed by atoms with Crippen molar-refractivity contribution in [2.24, 2.45) is 5.92 Å². The molecular weight excluding hydrogens is 316 g/mol. The van der Waals surface area contributed by atoms with Crippen molar-refractivity contribution < 1.29 is 9.59 Å². The molecule has 0 saturated carbocycles. The van der Waals surface area contributed by atoms with Crippen LogP contribution in [-0.2, 0) is 4.79 Å². The van der Waals surface area contributed by atoms with Crippen LogP contribution in [0.1, 0.15) is 23.2 Å². The Hall–Kier alpha value is -0.880. The fraction of sp³-hybridized carbons (Fsp3) is 0.500. The van der Waals surface area contributed by atoms with Crippen molar-refractivity contribution >= 4 is 39.1 Å². The third-order valence-electron chi connectivity index (χ3n) is 3.14. The van der Waals surface area contributed by atoms with Crippen LogP contribution in [0.15, 0.2) is 15.2 Å². The molecule has 1 aromatic rings. The van der Waals surface area contributed by atoms with Gasteiger partial charge in [0.1, 0.15) is 0 Å². The second kappa shape index (κ2) is 5.84. The van der Waals surface area contributed by atoms with Gasteiger partial charge in [0.05, 0.1) is 15.3 Å². The number of rotatable bonds is 2. The summed E-state index contributed by atoms with van der Waals surface area (Å²) in [5.41, 5.74) is 0.699. The number of amides is 2. The maximum atomic E-state index is 12.2. The van der Waals surface area contributed by atoms with Crippen LogP contribution in [0.5, 0.6) is 0 Å². The van der Waals surface area contributed by atoms with Crippen molar-refractivity contribution in [3.63, 3.8) is 0 Å². The number of halogens is 1. The summed E-state index contributed by atoms with van der Waals surface area (Å²) in [6.07, 6.45) is 1.74. The van der Waals surface area contributed by atoms with Crippen molar-refractivity contribution in [2.75, 3.05) is 20.1 Å². The molecule has 1 aliphatic rings. The summed E-state index contributed by atoms with van der Waals surface area (Å²) < 4.78 is 0.950. The highest BCUT2D eigenvalue weighted by Gasteiger charge is 2.28. The molecule has 1 unspecified atom stereocenters. The third-order valence-corrected chi connectivity index (χ3v) is 4.64. The van der Waals surface area contributed by atoms with Gasteiger partial charge in [0.25, 0.3) is 5.91 Å². The number of hydrogen-bond donors (Lipinski definition) is 1. The zero-order chi connectivity index (χ0) is 13.1. The molecule has 0 aliphatic carbocycles. The first-order valence-corrected chi connectivity index (χ1v) is 7.54. The monoisotopic (exact) mass is 330 g/mol. The minimum absolute atomic E-state index is 0.0190. The normalized spacial score (nSPS) is 19.7. The van der Waals surface area contributed by atoms with E-state index in [1.165, 1.54) is 11.3 Å². The second-order valence-electron chi connectivity index (χ2n) is 4.34. The second-order valence-corrected chi connectivity index (χ2v) is 6.63. The van der Waals surface area contributed by atoms with Gasteiger partial charge in [0.2, 0.25) is 5.91 Å². The summed E-state index contributed by atoms with van der Waals surface area (Å²) >= 11 is 4.85. The molecule has 2 rings (SSSR count). The lowest BCUT2D eigenvalue weighted by Crippen LogP contribution is -2.44. The molecule has 0 spiro atoms. The Bertz CT molecular complexity index is 461. The Kier molecular flexibility index (Phi) is 4.40. The van der Waals surface area contributed by atoms with Crippen LogP contribution in [0.3, 0.4) is 0 Å². The predicted molar refractivity (Wildman–Crippen MR) is 74.7 cm³/mol. The summed E-state index contributed by atoms with van der Waals surface area (Å²) in [6.45, 7) is 1.26. The lowest BCUT2D eigenvalue weighted by molar-refractivity contribution is -0.125. The SMILES string of the molecule is CNC(=O)C1CCCN(C(=O)c2csc(Br)c2)C1. The van der Waals surface area contributed by atoms with Crippen molar-refractivity contribution in [3.05, 3.63) is 20.8 Å². The van der Waals surface area contributed by atoms with Crippen LogP contribution in [0.25, 0.3) is 0 Å². The highest BCUT2D eigenvalue weighted by Crippen LogP contribution is 2.24. The number of piperidine rings is 1. The number of thiophene rings is 1. The fourth-order valence-electron chi connectivity index (χ4n) is 2.18. The summed E-state index contributed by atoms with van der Waals surface area (Å²) in [5, 5.41) is 4.50. The van der Waals surface area contributed by atoms with Crippen molar-refractivity contribution in [3.8, 4) is 0 Å². The highest BCUT2D eigenvalue weighted by molar-refractivity contribution is 9.11. The molecule has 1 saturated heterocycles. The van der Waals surface area contributed by atoms with Crippen LogP contribution >= 0.6 is 27.3 Å². The zero-order valence-electron chi connectivity index (χ0n) is 10.1. The number of carbonyl (C=O) groups excluding carboxylic acids is 2. The van der Waals surface area contributed by atoms with E-state index in [1.807, 2.05) is 11.4 Å². The minimum Gasteiger partial charge on any atom is -0.359 e. The van der Waals surface area contributed by atoms with Gasteiger partial charge in [-0.3, -0.25) is 9.59 Å². The first-order chi connectivity index (χ1) is 8.61. The molecule has 4 nitrogen and oxygen atoms in total. The van der Waals surface area contributed by atoms with E-state index in [2.05, 4.69) is 21.2 Å². The van der Waals surface area contributed by atoms with E-state index >= 15 is 0 Å². The maximum Gasteiger partial charge on any atom is 0.254 e. The van der Waals surface area contributed by atoms with Gasteiger partial charge in [0.15, 0.2) is 0 Å². The number of carbonyl (C=O) groups is 2. The van der Waals surface area contributed by atoms with E-state index in [0.29, 0.717) is 12.1 Å². The first-order valence-electron chi connectivity index (χ1n) is 5.86. The molecule has 0 bridgehead atoms. The largest absolute Gasteiger partial charge is 0.359 e. The minimum atomic E-state index is -0.0743. The van der Waals surface area contributed by atoms with E-state index in [4.69, 9.17) is 0 Å². The van der Waals surface area contributed by atoms with Crippen LogP contribution in [0, 0.1) is 5.92 Å². The summed E-state index contributed by atoms with van der Waals surface area (Å²) in [5.74, 6) is -0.0284. The Balaban J connectivity index is 2.05. The Morgan fingerprint density at radius 3 is 2.94 bits per heavy atom. The zero-order valence-corrected chi connectivity index (χ0v) is 12.5. The molecule has 1 fully saturated rings. The molecule has 2 amide bonds. The van der Waals surface area contributed by atoms with Crippen molar-refractivity contribution in [1.82, 2.24) is 10.2 Å². The molecule has 0 radical (unpaired) electrons. The molecule has 98 valence electrons. The van der Waals surface area contributed by atoms with Gasteiger partial charge in [-0.25, -0.2) is 0 Å². The standard InChI is InChI=1S/C12H15BrN2O2S/c1-14-11(16)8-3-2-4-15(6-8)12(17)9-5-10(13)18-7-9/h5,7-8H,2-4,6H2,1H3,(H,14,16). The summed E-state index contributed by atoms with van der Waals surface area (Å²) in [7, 11) is 1.64. The number of nitrogens with zero attached hydrogens (tertiary/aromatic N) is 1. The predicted octanol–water partition coefficient (Wildman–Crippen LogP) is 2.11. The Morgan fingerprint density at radius 2 is 2.33 bits per heavy atom. The highest BCUT2D eigenvalue weighted by atomic mass is 79.9. The van der Waals surface area contributed by atoms with Gasteiger partial charge in [-0.05, 0) is 34.8 Å². The van der Waals surface area contributed by atoms with Crippen LogP contribution < -0.4 is 5.32 Å². The number of nitrogens with one attached hydrogen (secondary N) is 1. The average Bonchev–Trinajstić information content (AvgIpc) is 2.83. The number of hydrogen-bond acceptors (Lipinski definition) is 3. The van der Waals surface area contributed by atoms with Crippen LogP contribution in [0.4, 0.5) is 0 Å². The molecule has 6 heteroatoms. The lowest BCUT2D eigenvalue weighted by atomic mass is 9.97. The van der Waals surface area contributed by atoms with Crippen molar-refractivity contribution in [1.29, 1.82) is 0 Å². The van der Waals surface area contributed by atoms with E-state index in [1.54, 1.807) is 11.9 Å². The lowest BCUT2D eigenvalue weighted by Gasteiger charge is -2.31. The maximum absolute atomic E-state index is 12.2. The van der Waals surface area contributed by atoms with Gasteiger partial charge in [-0.15, -0.1) is 11.3 Å². The van der Waals surface area contributed by atoms with E-state index in [0.717, 1.165) is 23.2 Å². The molecule has 1 aliphatic heterocycles. The first kappa shape index (κ1) is 13.5. The molecule has 2 heterocycles. The van der Waals surface area contributed by atoms with Crippen LogP contribution in [0.2, 0.25) is 0 Å². The fourth-order valence-corrected chi connectivity index (χ4v) is 3.31.